The fraction of sp³-hybridized carbons (Fsp3) is 0.417. The fourth-order valence-corrected chi connectivity index (χ4v) is 4.52. The maximum Gasteiger partial charge on any atom is 0.307 e. The van der Waals surface area contributed by atoms with Crippen LogP contribution in [-0.2, 0) is 20.5 Å². The number of carbonyl (C=O) groups is 1. The number of halogens is 1. The van der Waals surface area contributed by atoms with Crippen molar-refractivity contribution in [2.24, 2.45) is 0 Å². The van der Waals surface area contributed by atoms with E-state index >= 15 is 0 Å². The maximum absolute atomic E-state index is 13.9. The lowest BCUT2D eigenvalue weighted by Gasteiger charge is -2.25. The second-order valence-corrected chi connectivity index (χ2v) is 10.8. The summed E-state index contributed by atoms with van der Waals surface area (Å²) in [4.78, 5) is 16.8. The van der Waals surface area contributed by atoms with Crippen molar-refractivity contribution in [3.05, 3.63) is 59.3 Å². The molecule has 8 heteroatoms. The Kier molecular flexibility index (Phi) is 7.15. The number of benzene rings is 1. The van der Waals surface area contributed by atoms with Gasteiger partial charge in [-0.2, -0.15) is 0 Å². The third-order valence-electron chi connectivity index (χ3n) is 5.16. The van der Waals surface area contributed by atoms with Gasteiger partial charge in [0.15, 0.2) is 0 Å². The predicted molar refractivity (Wildman–Crippen MR) is 125 cm³/mol. The van der Waals surface area contributed by atoms with Gasteiger partial charge in [-0.25, -0.2) is 18.3 Å². The highest BCUT2D eigenvalue weighted by Gasteiger charge is 2.27. The van der Waals surface area contributed by atoms with Crippen LogP contribution in [0.3, 0.4) is 0 Å². The molecule has 2 atom stereocenters. The molecule has 0 aliphatic heterocycles. The maximum atomic E-state index is 13.9. The van der Waals surface area contributed by atoms with Crippen molar-refractivity contribution in [1.29, 1.82) is 0 Å². The number of ether oxygens (including phenoxy) is 1. The second-order valence-electron chi connectivity index (χ2n) is 8.82. The quantitative estimate of drug-likeness (QED) is 0.515. The van der Waals surface area contributed by atoms with Gasteiger partial charge in [-0.05, 0) is 82.0 Å². The van der Waals surface area contributed by atoms with E-state index in [4.69, 9.17) is 4.74 Å². The highest BCUT2D eigenvalue weighted by Crippen LogP contribution is 2.34. The van der Waals surface area contributed by atoms with Gasteiger partial charge >= 0.3 is 5.97 Å². The highest BCUT2D eigenvalue weighted by atomic mass is 32.2. The molecule has 1 N–H and O–H groups in total. The molecular formula is C24H30FN3O3S. The van der Waals surface area contributed by atoms with Crippen molar-refractivity contribution in [2.45, 2.75) is 58.8 Å². The number of rotatable bonds is 7. The number of nitrogens with one attached hydrogen (secondary N) is 1. The molecule has 172 valence electrons. The minimum absolute atomic E-state index is 0.0245. The number of aromatic nitrogens is 2. The van der Waals surface area contributed by atoms with Crippen molar-refractivity contribution in [2.75, 3.05) is 6.61 Å². The normalized spacial score (nSPS) is 13.8. The number of hydrogen-bond acceptors (Lipinski definition) is 4. The number of hydrogen-bond donors (Lipinski definition) is 1. The number of carbonyl (C=O) groups excluding carboxylic acids is 1. The van der Waals surface area contributed by atoms with Gasteiger partial charge in [-0.1, -0.05) is 0 Å². The zero-order valence-corrected chi connectivity index (χ0v) is 20.2. The molecule has 3 aromatic rings. The summed E-state index contributed by atoms with van der Waals surface area (Å²) in [6.45, 7) is 11.4. The van der Waals surface area contributed by atoms with Crippen molar-refractivity contribution >= 4 is 22.6 Å². The Bertz CT molecular complexity index is 1140. The number of nitrogens with zero attached hydrogens (tertiary/aromatic N) is 2. The molecule has 0 radical (unpaired) electrons. The number of fused-ring (bicyclic) bond motifs is 1. The highest BCUT2D eigenvalue weighted by molar-refractivity contribution is 7.84. The summed E-state index contributed by atoms with van der Waals surface area (Å²) >= 11 is 0. The fourth-order valence-electron chi connectivity index (χ4n) is 3.69. The summed E-state index contributed by atoms with van der Waals surface area (Å²) in [5.74, 6) is -0.668. The SMILES string of the molecule is CCOC(=O)CC(NS(=O)C(C)(C)C)c1cc(-c2c(C)cc(F)cc2C)c2nccn2c1. The van der Waals surface area contributed by atoms with Crippen LogP contribution >= 0.6 is 0 Å². The van der Waals surface area contributed by atoms with Crippen LogP contribution in [0.25, 0.3) is 16.8 Å². The van der Waals surface area contributed by atoms with Crippen LogP contribution in [0.4, 0.5) is 4.39 Å². The zero-order chi connectivity index (χ0) is 23.6. The van der Waals surface area contributed by atoms with Crippen LogP contribution in [0.15, 0.2) is 36.8 Å². The number of pyridine rings is 1. The van der Waals surface area contributed by atoms with Gasteiger partial charge in [0.2, 0.25) is 0 Å². The molecular weight excluding hydrogens is 429 g/mol. The van der Waals surface area contributed by atoms with Gasteiger partial charge in [0.25, 0.3) is 0 Å². The first-order valence-electron chi connectivity index (χ1n) is 10.6. The summed E-state index contributed by atoms with van der Waals surface area (Å²) in [5, 5.41) is 0. The molecule has 1 aromatic carbocycles. The summed E-state index contributed by atoms with van der Waals surface area (Å²) in [7, 11) is -1.41. The molecule has 2 aromatic heterocycles. The summed E-state index contributed by atoms with van der Waals surface area (Å²) in [6, 6.07) is 4.39. The minimum Gasteiger partial charge on any atom is -0.466 e. The van der Waals surface area contributed by atoms with Gasteiger partial charge in [-0.15, -0.1) is 0 Å². The van der Waals surface area contributed by atoms with E-state index in [-0.39, 0.29) is 24.8 Å². The first-order chi connectivity index (χ1) is 15.0. The molecule has 3 rings (SSSR count). The van der Waals surface area contributed by atoms with Gasteiger partial charge in [0.1, 0.15) is 11.5 Å². The van der Waals surface area contributed by atoms with Gasteiger partial charge in [-0.3, -0.25) is 4.79 Å². The summed E-state index contributed by atoms with van der Waals surface area (Å²) in [5.41, 5.74) is 4.77. The van der Waals surface area contributed by atoms with Crippen LogP contribution in [0, 0.1) is 19.7 Å². The van der Waals surface area contributed by atoms with Gasteiger partial charge in [0, 0.05) is 24.2 Å². The Balaban J connectivity index is 2.16. The molecule has 6 nitrogen and oxygen atoms in total. The lowest BCUT2D eigenvalue weighted by Crippen LogP contribution is -2.36. The molecule has 0 bridgehead atoms. The third kappa shape index (κ3) is 5.24. The molecule has 0 saturated carbocycles. The van der Waals surface area contributed by atoms with Crippen molar-refractivity contribution in [1.82, 2.24) is 14.1 Å². The Hall–Kier alpha value is -2.58. The van der Waals surface area contributed by atoms with E-state index in [9.17, 15) is 13.4 Å². The van der Waals surface area contributed by atoms with Gasteiger partial charge in [0.05, 0.1) is 34.8 Å². The first kappa shape index (κ1) is 24.1. The standard InChI is InChI=1S/C24H30FN3O3S/c1-7-31-21(29)13-20(27-32(30)24(4,5)6)17-12-19(23-26-8-9-28(23)14-17)22-15(2)10-18(25)11-16(22)3/h8-12,14,20,27H,7,13H2,1-6H3. The van der Waals surface area contributed by atoms with E-state index in [1.54, 1.807) is 13.1 Å². The first-order valence-corrected chi connectivity index (χ1v) is 11.7. The van der Waals surface area contributed by atoms with E-state index in [1.165, 1.54) is 12.1 Å². The van der Waals surface area contributed by atoms with Crippen LogP contribution in [0.1, 0.15) is 56.8 Å². The van der Waals surface area contributed by atoms with Gasteiger partial charge < -0.3 is 9.14 Å². The van der Waals surface area contributed by atoms with E-state index in [1.807, 2.05) is 57.5 Å². The molecule has 32 heavy (non-hydrogen) atoms. The lowest BCUT2D eigenvalue weighted by atomic mass is 9.94. The molecule has 0 fully saturated rings. The topological polar surface area (TPSA) is 72.7 Å². The summed E-state index contributed by atoms with van der Waals surface area (Å²) < 4.78 is 36.5. The van der Waals surface area contributed by atoms with E-state index in [0.29, 0.717) is 0 Å². The van der Waals surface area contributed by atoms with Crippen LogP contribution < -0.4 is 4.72 Å². The van der Waals surface area contributed by atoms with Crippen LogP contribution in [0.5, 0.6) is 0 Å². The Morgan fingerprint density at radius 2 is 1.91 bits per heavy atom. The molecule has 2 unspecified atom stereocenters. The Labute approximate surface area is 190 Å². The predicted octanol–water partition coefficient (Wildman–Crippen LogP) is 4.80. The second kappa shape index (κ2) is 9.50. The molecule has 0 amide bonds. The molecule has 2 heterocycles. The Morgan fingerprint density at radius 3 is 2.50 bits per heavy atom. The van der Waals surface area contributed by atoms with Crippen molar-refractivity contribution in [3.8, 4) is 11.1 Å². The number of imidazole rings is 1. The molecule has 0 aliphatic rings. The average molecular weight is 460 g/mol. The van der Waals surface area contributed by atoms with E-state index in [2.05, 4.69) is 9.71 Å². The minimum atomic E-state index is -1.41. The van der Waals surface area contributed by atoms with Crippen molar-refractivity contribution < 1.29 is 18.1 Å². The van der Waals surface area contributed by atoms with E-state index < -0.39 is 21.8 Å². The Morgan fingerprint density at radius 1 is 1.25 bits per heavy atom. The van der Waals surface area contributed by atoms with Crippen LogP contribution in [-0.4, -0.2) is 30.9 Å². The average Bonchev–Trinajstić information content (AvgIpc) is 3.14. The van der Waals surface area contributed by atoms with Crippen LogP contribution in [0.2, 0.25) is 0 Å². The number of aryl methyl sites for hydroxylation is 2. The zero-order valence-electron chi connectivity index (χ0n) is 19.4. The smallest absolute Gasteiger partial charge is 0.307 e. The monoisotopic (exact) mass is 459 g/mol. The molecule has 0 saturated heterocycles. The largest absolute Gasteiger partial charge is 0.466 e. The molecule has 0 spiro atoms. The summed E-state index contributed by atoms with van der Waals surface area (Å²) in [6.07, 6.45) is 5.41. The molecule has 0 aliphatic carbocycles. The number of esters is 1. The third-order valence-corrected chi connectivity index (χ3v) is 6.77. The van der Waals surface area contributed by atoms with E-state index in [0.717, 1.165) is 33.5 Å². The lowest BCUT2D eigenvalue weighted by molar-refractivity contribution is -0.143. The van der Waals surface area contributed by atoms with Crippen molar-refractivity contribution in [3.63, 3.8) is 0 Å².